The fourth-order valence-electron chi connectivity index (χ4n) is 4.76. The van der Waals surface area contributed by atoms with E-state index < -0.39 is 23.0 Å². The molecule has 2 heterocycles. The van der Waals surface area contributed by atoms with E-state index in [-0.39, 0.29) is 34.5 Å². The smallest absolute Gasteiger partial charge is 0.254 e. The molecule has 0 aromatic heterocycles. The Kier molecular flexibility index (Phi) is 7.50. The topological polar surface area (TPSA) is 182 Å². The molecule has 1 atom stereocenters. The Morgan fingerprint density at radius 1 is 0.805 bits per heavy atom. The molecule has 0 radical (unpaired) electrons. The van der Waals surface area contributed by atoms with E-state index in [2.05, 4.69) is 16.0 Å². The van der Waals surface area contributed by atoms with Crippen molar-refractivity contribution in [2.45, 2.75) is 19.8 Å². The fourth-order valence-corrected chi connectivity index (χ4v) is 4.76. The maximum Gasteiger partial charge on any atom is 0.254 e. The summed E-state index contributed by atoms with van der Waals surface area (Å²) in [5, 5.41) is 48.6. The molecule has 0 bridgehead atoms. The van der Waals surface area contributed by atoms with Gasteiger partial charge in [-0.05, 0) is 80.1 Å². The third-order valence-electron chi connectivity index (χ3n) is 6.67. The number of amides is 2. The zero-order valence-electron chi connectivity index (χ0n) is 21.9. The molecular formula is C28H25N5O8-2. The minimum atomic E-state index is -0.839. The number of carbonyl (C=O) groups excluding carboxylic acids is 2. The number of fused-ring (bicyclic) bond motifs is 1. The average Bonchev–Trinajstić information content (AvgIpc) is 3.41. The molecule has 2 aliphatic rings. The molecule has 13 nitrogen and oxygen atoms in total. The van der Waals surface area contributed by atoms with Gasteiger partial charge < -0.3 is 41.1 Å². The van der Waals surface area contributed by atoms with Crippen LogP contribution in [-0.4, -0.2) is 29.0 Å². The van der Waals surface area contributed by atoms with E-state index in [0.717, 1.165) is 0 Å². The lowest BCUT2D eigenvalue weighted by molar-refractivity contribution is -0.113. The summed E-state index contributed by atoms with van der Waals surface area (Å²) >= 11 is 0. The van der Waals surface area contributed by atoms with Crippen LogP contribution in [-0.2, 0) is 9.59 Å². The van der Waals surface area contributed by atoms with Gasteiger partial charge in [-0.2, -0.15) is 0 Å². The summed E-state index contributed by atoms with van der Waals surface area (Å²) in [5.74, 6) is -0.843. The number of dihydropyridines is 1. The van der Waals surface area contributed by atoms with Gasteiger partial charge in [0.2, 0.25) is 6.79 Å². The number of rotatable bonds is 7. The van der Waals surface area contributed by atoms with Crippen LogP contribution in [0, 0.1) is 10.4 Å². The molecule has 3 aromatic carbocycles. The number of nitrogens with one attached hydrogen (secondary N) is 3. The van der Waals surface area contributed by atoms with Crippen molar-refractivity contribution in [1.82, 2.24) is 5.32 Å². The molecule has 2 amide bonds. The van der Waals surface area contributed by atoms with Crippen LogP contribution < -0.4 is 35.9 Å². The molecule has 13 heteroatoms. The molecule has 3 aromatic rings. The van der Waals surface area contributed by atoms with E-state index in [1.54, 1.807) is 32.0 Å². The Morgan fingerprint density at radius 3 is 1.83 bits per heavy atom. The van der Waals surface area contributed by atoms with Crippen molar-refractivity contribution < 1.29 is 29.5 Å². The summed E-state index contributed by atoms with van der Waals surface area (Å²) in [7, 11) is 0. The van der Waals surface area contributed by atoms with Crippen LogP contribution in [0.3, 0.4) is 0 Å². The second kappa shape index (κ2) is 11.2. The number of hydrogen-bond donors (Lipinski definition) is 5. The number of anilines is 4. The first-order chi connectivity index (χ1) is 19.6. The van der Waals surface area contributed by atoms with Gasteiger partial charge in [0, 0.05) is 45.5 Å². The van der Waals surface area contributed by atoms with Gasteiger partial charge in [0.05, 0.1) is 5.69 Å². The van der Waals surface area contributed by atoms with Gasteiger partial charge in [-0.1, -0.05) is 6.07 Å². The Balaban J connectivity index is 1.51. The first-order valence-corrected chi connectivity index (χ1v) is 12.4. The summed E-state index contributed by atoms with van der Waals surface area (Å²) in [5.41, 5.74) is 2.84. The van der Waals surface area contributed by atoms with Gasteiger partial charge >= 0.3 is 0 Å². The summed E-state index contributed by atoms with van der Waals surface area (Å²) in [6, 6.07) is 16.4. The second-order valence-electron chi connectivity index (χ2n) is 9.30. The quantitative estimate of drug-likeness (QED) is 0.260. The lowest BCUT2D eigenvalue weighted by Gasteiger charge is -2.37. The maximum atomic E-state index is 13.8. The van der Waals surface area contributed by atoms with Crippen LogP contribution in [0.15, 0.2) is 89.3 Å². The molecule has 0 aliphatic carbocycles. The minimum absolute atomic E-state index is 0.0393. The highest BCUT2D eigenvalue weighted by molar-refractivity contribution is 6.12. The van der Waals surface area contributed by atoms with E-state index in [0.29, 0.717) is 39.8 Å². The number of allylic oxidation sites excluding steroid dienone is 2. The van der Waals surface area contributed by atoms with E-state index in [4.69, 9.17) is 9.47 Å². The number of ether oxygens (including phenoxy) is 2. The monoisotopic (exact) mass is 559 g/mol. The lowest BCUT2D eigenvalue weighted by Crippen LogP contribution is -2.35. The Labute approximate surface area is 234 Å². The number of nitrogens with zero attached hydrogens (tertiary/aromatic N) is 2. The largest absolute Gasteiger partial charge is 0.769 e. The zero-order valence-corrected chi connectivity index (χ0v) is 21.9. The van der Waals surface area contributed by atoms with Crippen molar-refractivity contribution in [3.63, 3.8) is 0 Å². The standard InChI is InChI=1S/C28H25N5O8/c1-15-24(27(34)30-18-4-8-20(9-5-18)32(36)37)26(17-3-12-22-23(13-17)41-14-40-22)25(16(2)29-15)28(35)31-19-6-10-21(11-7-19)33(38)39/h3-13,26,29,36-37H,14H2,1-2H3,(H,30,34)(H,31,35)/q-2. The van der Waals surface area contributed by atoms with Crippen molar-refractivity contribution in [2.75, 3.05) is 27.9 Å². The average molecular weight is 560 g/mol. The van der Waals surface area contributed by atoms with Gasteiger partial charge in [-0.25, -0.2) is 0 Å². The second-order valence-corrected chi connectivity index (χ2v) is 9.30. The lowest BCUT2D eigenvalue weighted by atomic mass is 9.79. The highest BCUT2D eigenvalue weighted by atomic mass is 16.8. The molecule has 1 unspecified atom stereocenters. The summed E-state index contributed by atoms with van der Waals surface area (Å²) in [6.45, 7) is 3.49. The third-order valence-corrected chi connectivity index (χ3v) is 6.67. The van der Waals surface area contributed by atoms with E-state index in [1.165, 1.54) is 48.5 Å². The Morgan fingerprint density at radius 2 is 1.32 bits per heavy atom. The summed E-state index contributed by atoms with van der Waals surface area (Å²) < 4.78 is 11.0. The van der Waals surface area contributed by atoms with Crippen molar-refractivity contribution in [1.29, 1.82) is 0 Å². The summed E-state index contributed by atoms with van der Waals surface area (Å²) in [4.78, 5) is 27.5. The third kappa shape index (κ3) is 5.64. The van der Waals surface area contributed by atoms with Crippen LogP contribution in [0.25, 0.3) is 0 Å². The maximum absolute atomic E-state index is 13.8. The fraction of sp³-hybridized carbons (Fsp3) is 0.143. The van der Waals surface area contributed by atoms with Gasteiger partial charge in [0.1, 0.15) is 0 Å². The van der Waals surface area contributed by atoms with Gasteiger partial charge in [0.15, 0.2) is 11.5 Å². The first-order valence-electron chi connectivity index (χ1n) is 12.4. The first kappa shape index (κ1) is 27.5. The molecule has 0 fully saturated rings. The van der Waals surface area contributed by atoms with Crippen LogP contribution in [0.2, 0.25) is 0 Å². The molecule has 5 N–H and O–H groups in total. The number of carbonyl (C=O) groups is 2. The van der Waals surface area contributed by atoms with Crippen molar-refractivity contribution in [2.24, 2.45) is 0 Å². The van der Waals surface area contributed by atoms with E-state index in [1.807, 2.05) is 0 Å². The molecule has 0 spiro atoms. The van der Waals surface area contributed by atoms with Crippen LogP contribution in [0.1, 0.15) is 25.3 Å². The highest BCUT2D eigenvalue weighted by Crippen LogP contribution is 2.43. The minimum Gasteiger partial charge on any atom is -0.769 e. The van der Waals surface area contributed by atoms with Crippen LogP contribution in [0.4, 0.5) is 22.7 Å². The molecule has 0 saturated heterocycles. The molecule has 212 valence electrons. The number of hydrogen-bond acceptors (Lipinski definition) is 11. The highest BCUT2D eigenvalue weighted by Gasteiger charge is 2.37. The van der Waals surface area contributed by atoms with Crippen LogP contribution >= 0.6 is 0 Å². The predicted octanol–water partition coefficient (Wildman–Crippen LogP) is 4.31. The number of benzene rings is 3. The Bertz CT molecular complexity index is 1460. The molecular weight excluding hydrogens is 534 g/mol. The SMILES string of the molecule is CC1=C(C(=O)Nc2ccc(N([O-])[O-])cc2)C(c2ccc3c(c2)OCO3)C(C(=O)Nc2ccc(N(O)O)cc2)=C(C)N1. The Hall–Kier alpha value is -5.08. The molecule has 5 rings (SSSR count). The van der Waals surface area contributed by atoms with Crippen LogP contribution in [0.5, 0.6) is 11.5 Å². The van der Waals surface area contributed by atoms with Crippen molar-refractivity contribution >= 4 is 34.6 Å². The predicted molar refractivity (Wildman–Crippen MR) is 149 cm³/mol. The summed E-state index contributed by atoms with van der Waals surface area (Å²) in [6.07, 6.45) is 0. The zero-order chi connectivity index (χ0) is 29.3. The molecule has 0 saturated carbocycles. The van der Waals surface area contributed by atoms with Gasteiger partial charge in [-0.3, -0.25) is 20.0 Å². The van der Waals surface area contributed by atoms with E-state index >= 15 is 0 Å². The van der Waals surface area contributed by atoms with Gasteiger partial charge in [-0.15, -0.1) is 5.23 Å². The normalized spacial score (nSPS) is 15.8. The van der Waals surface area contributed by atoms with Crippen molar-refractivity contribution in [3.8, 4) is 11.5 Å². The molecule has 2 aliphatic heterocycles. The molecule has 41 heavy (non-hydrogen) atoms. The van der Waals surface area contributed by atoms with Crippen molar-refractivity contribution in [3.05, 3.63) is 105 Å². The van der Waals surface area contributed by atoms with Gasteiger partial charge in [0.25, 0.3) is 11.8 Å². The van der Waals surface area contributed by atoms with E-state index in [9.17, 15) is 30.4 Å².